The number of hydrogen-bond donors (Lipinski definition) is 1. The van der Waals surface area contributed by atoms with Gasteiger partial charge in [0.1, 0.15) is 11.4 Å². The van der Waals surface area contributed by atoms with E-state index in [1.165, 1.54) is 7.11 Å². The summed E-state index contributed by atoms with van der Waals surface area (Å²) in [6.07, 6.45) is 0.693. The summed E-state index contributed by atoms with van der Waals surface area (Å²) in [6, 6.07) is 5.69. The van der Waals surface area contributed by atoms with Crippen LogP contribution < -0.4 is 10.5 Å². The highest BCUT2D eigenvalue weighted by molar-refractivity contribution is 9.10. The summed E-state index contributed by atoms with van der Waals surface area (Å²) in [5.41, 5.74) is 6.15. The van der Waals surface area contributed by atoms with E-state index in [0.29, 0.717) is 6.42 Å². The van der Waals surface area contributed by atoms with Gasteiger partial charge in [-0.2, -0.15) is 0 Å². The van der Waals surface area contributed by atoms with Gasteiger partial charge in [-0.1, -0.05) is 15.9 Å². The van der Waals surface area contributed by atoms with Crippen molar-refractivity contribution in [3.63, 3.8) is 0 Å². The lowest BCUT2D eigenvalue weighted by atomic mass is 9.76. The zero-order chi connectivity index (χ0) is 14.3. The summed E-state index contributed by atoms with van der Waals surface area (Å²) >= 11 is 3.43. The molecule has 104 valence electrons. The number of hydrogen-bond acceptors (Lipinski definition) is 4. The average molecular weight is 328 g/mol. The molecule has 0 radical (unpaired) electrons. The average Bonchev–Trinajstić information content (AvgIpc) is 2.28. The fourth-order valence-corrected chi connectivity index (χ4v) is 3.02. The van der Waals surface area contributed by atoms with Crippen molar-refractivity contribution in [1.82, 2.24) is 0 Å². The number of fused-ring (bicyclic) bond motifs is 1. The molecule has 0 saturated heterocycles. The maximum atomic E-state index is 11.6. The number of esters is 1. The van der Waals surface area contributed by atoms with E-state index in [1.54, 1.807) is 0 Å². The van der Waals surface area contributed by atoms with Crippen LogP contribution in [-0.2, 0) is 15.1 Å². The number of rotatable bonds is 2. The van der Waals surface area contributed by atoms with Crippen molar-refractivity contribution in [2.24, 2.45) is 5.73 Å². The van der Waals surface area contributed by atoms with Crippen molar-refractivity contribution in [3.8, 4) is 5.75 Å². The Hall–Kier alpha value is -1.07. The minimum absolute atomic E-state index is 0.139. The van der Waals surface area contributed by atoms with Gasteiger partial charge in [0.25, 0.3) is 0 Å². The Morgan fingerprint density at radius 1 is 1.53 bits per heavy atom. The number of carbonyl (C=O) groups excluding carboxylic acids is 1. The van der Waals surface area contributed by atoms with Crippen LogP contribution in [0.1, 0.15) is 32.3 Å². The van der Waals surface area contributed by atoms with Gasteiger partial charge >= 0.3 is 5.97 Å². The summed E-state index contributed by atoms with van der Waals surface area (Å²) in [5.74, 6) is 0.414. The molecule has 0 fully saturated rings. The summed E-state index contributed by atoms with van der Waals surface area (Å²) in [6.45, 7) is 3.94. The Bertz CT molecular complexity index is 515. The number of nitrogens with two attached hydrogens (primary N) is 1. The maximum absolute atomic E-state index is 11.6. The normalized spacial score (nSPS) is 24.3. The zero-order valence-corrected chi connectivity index (χ0v) is 12.9. The number of carbonyl (C=O) groups is 1. The summed E-state index contributed by atoms with van der Waals surface area (Å²) in [5, 5.41) is 0. The molecule has 0 bridgehead atoms. The molecular weight excluding hydrogens is 310 g/mol. The molecule has 4 nitrogen and oxygen atoms in total. The molecule has 1 aliphatic rings. The highest BCUT2D eigenvalue weighted by Crippen LogP contribution is 2.44. The molecule has 1 atom stereocenters. The first-order chi connectivity index (χ1) is 8.76. The van der Waals surface area contributed by atoms with Crippen LogP contribution in [0.3, 0.4) is 0 Å². The highest BCUT2D eigenvalue weighted by atomic mass is 79.9. The molecule has 0 aromatic heterocycles. The maximum Gasteiger partial charge on any atom is 0.307 e. The van der Waals surface area contributed by atoms with Crippen molar-refractivity contribution in [2.75, 3.05) is 7.11 Å². The monoisotopic (exact) mass is 327 g/mol. The van der Waals surface area contributed by atoms with Crippen LogP contribution >= 0.6 is 15.9 Å². The molecule has 2 rings (SSSR count). The van der Waals surface area contributed by atoms with E-state index in [2.05, 4.69) is 15.9 Å². The molecule has 5 heteroatoms. The Labute approximate surface area is 121 Å². The predicted octanol–water partition coefficient (Wildman–Crippen LogP) is 2.73. The third-order valence-corrected chi connectivity index (χ3v) is 3.79. The third-order valence-electron chi connectivity index (χ3n) is 3.29. The molecular formula is C14H18BrNO3. The second kappa shape index (κ2) is 4.80. The van der Waals surface area contributed by atoms with Crippen LogP contribution in [0, 0.1) is 0 Å². The molecule has 2 N–H and O–H groups in total. The van der Waals surface area contributed by atoms with E-state index in [9.17, 15) is 4.79 Å². The molecule has 0 amide bonds. The molecule has 1 unspecified atom stereocenters. The van der Waals surface area contributed by atoms with Gasteiger partial charge in [-0.25, -0.2) is 0 Å². The summed E-state index contributed by atoms with van der Waals surface area (Å²) < 4.78 is 11.6. The van der Waals surface area contributed by atoms with Crippen LogP contribution in [-0.4, -0.2) is 18.7 Å². The Kier molecular flexibility index (Phi) is 3.62. The first kappa shape index (κ1) is 14.3. The lowest BCUT2D eigenvalue weighted by Crippen LogP contribution is -2.50. The van der Waals surface area contributed by atoms with E-state index in [-0.39, 0.29) is 12.4 Å². The van der Waals surface area contributed by atoms with Crippen molar-refractivity contribution < 1.29 is 14.3 Å². The van der Waals surface area contributed by atoms with Crippen molar-refractivity contribution in [1.29, 1.82) is 0 Å². The predicted molar refractivity (Wildman–Crippen MR) is 76.0 cm³/mol. The zero-order valence-electron chi connectivity index (χ0n) is 11.3. The van der Waals surface area contributed by atoms with Gasteiger partial charge in [-0.15, -0.1) is 0 Å². The Morgan fingerprint density at radius 3 is 2.84 bits per heavy atom. The molecule has 0 aliphatic carbocycles. The Balaban J connectivity index is 2.48. The SMILES string of the molecule is COC(=O)CC1(N)CC(C)(C)Oc2ccc(Br)cc21. The first-order valence-electron chi connectivity index (χ1n) is 6.10. The van der Waals surface area contributed by atoms with E-state index < -0.39 is 11.1 Å². The number of benzene rings is 1. The standard InChI is InChI=1S/C14H18BrNO3/c1-13(2)8-14(16,7-12(17)18-3)10-6-9(15)4-5-11(10)19-13/h4-6H,7-8,16H2,1-3H3. The second-order valence-electron chi connectivity index (χ2n) is 5.59. The van der Waals surface area contributed by atoms with Crippen molar-refractivity contribution in [2.45, 2.75) is 37.8 Å². The van der Waals surface area contributed by atoms with Crippen molar-refractivity contribution in [3.05, 3.63) is 28.2 Å². The van der Waals surface area contributed by atoms with Gasteiger partial charge in [0.15, 0.2) is 0 Å². The fourth-order valence-electron chi connectivity index (χ4n) is 2.66. The largest absolute Gasteiger partial charge is 0.487 e. The van der Waals surface area contributed by atoms with E-state index >= 15 is 0 Å². The fraction of sp³-hybridized carbons (Fsp3) is 0.500. The smallest absolute Gasteiger partial charge is 0.307 e. The molecule has 1 aromatic carbocycles. The summed E-state index contributed by atoms with van der Waals surface area (Å²) in [4.78, 5) is 11.6. The van der Waals surface area contributed by atoms with Crippen LogP contribution in [0.25, 0.3) is 0 Å². The van der Waals surface area contributed by atoms with Gasteiger partial charge < -0.3 is 15.2 Å². The van der Waals surface area contributed by atoms with Crippen LogP contribution in [0.5, 0.6) is 5.75 Å². The third kappa shape index (κ3) is 2.92. The molecule has 0 saturated carbocycles. The quantitative estimate of drug-likeness (QED) is 0.848. The molecule has 1 aliphatic heterocycles. The first-order valence-corrected chi connectivity index (χ1v) is 6.90. The van der Waals surface area contributed by atoms with E-state index in [1.807, 2.05) is 32.0 Å². The van der Waals surface area contributed by atoms with E-state index in [0.717, 1.165) is 15.8 Å². The summed E-state index contributed by atoms with van der Waals surface area (Å²) in [7, 11) is 1.37. The molecule has 1 heterocycles. The molecule has 0 spiro atoms. The topological polar surface area (TPSA) is 61.5 Å². The lowest BCUT2D eigenvalue weighted by Gasteiger charge is -2.43. The lowest BCUT2D eigenvalue weighted by molar-refractivity contribution is -0.142. The van der Waals surface area contributed by atoms with Gasteiger partial charge in [0.2, 0.25) is 0 Å². The number of methoxy groups -OCH3 is 1. The minimum Gasteiger partial charge on any atom is -0.487 e. The Morgan fingerprint density at radius 2 is 2.21 bits per heavy atom. The van der Waals surface area contributed by atoms with Gasteiger partial charge in [-0.05, 0) is 32.0 Å². The van der Waals surface area contributed by atoms with E-state index in [4.69, 9.17) is 15.2 Å². The van der Waals surface area contributed by atoms with Crippen LogP contribution in [0.15, 0.2) is 22.7 Å². The van der Waals surface area contributed by atoms with Crippen LogP contribution in [0.2, 0.25) is 0 Å². The van der Waals surface area contributed by atoms with Gasteiger partial charge in [0, 0.05) is 16.5 Å². The second-order valence-corrected chi connectivity index (χ2v) is 6.50. The molecule has 1 aromatic rings. The molecule has 19 heavy (non-hydrogen) atoms. The van der Waals surface area contributed by atoms with Gasteiger partial charge in [0.05, 0.1) is 19.1 Å². The number of halogens is 1. The highest BCUT2D eigenvalue weighted by Gasteiger charge is 2.44. The van der Waals surface area contributed by atoms with Gasteiger partial charge in [-0.3, -0.25) is 4.79 Å². The van der Waals surface area contributed by atoms with Crippen molar-refractivity contribution >= 4 is 21.9 Å². The number of ether oxygens (including phenoxy) is 2. The minimum atomic E-state index is -0.770. The van der Waals surface area contributed by atoms with Crippen LogP contribution in [0.4, 0.5) is 0 Å².